The number of aromatic carboxylic acids is 1. The second kappa shape index (κ2) is 11.0. The van der Waals surface area contributed by atoms with E-state index in [-0.39, 0.29) is 5.56 Å². The summed E-state index contributed by atoms with van der Waals surface area (Å²) in [5, 5.41) is 10.2. The van der Waals surface area contributed by atoms with Gasteiger partial charge in [0.1, 0.15) is 29.4 Å². The summed E-state index contributed by atoms with van der Waals surface area (Å²) in [7, 11) is 3.45. The molecule has 4 heterocycles. The summed E-state index contributed by atoms with van der Waals surface area (Å²) >= 11 is 6.31. The molecular weight excluding hydrogens is 532 g/mol. The number of aryl methyl sites for hydroxylation is 1. The zero-order chi connectivity index (χ0) is 27.8. The number of rotatable bonds is 8. The Bertz CT molecular complexity index is 1580. The number of hydrogen-bond acceptors (Lipinski definition) is 7. The highest BCUT2D eigenvalue weighted by Crippen LogP contribution is 2.36. The normalized spacial score (nSPS) is 15.7. The molecule has 0 amide bonds. The molecule has 0 aliphatic carbocycles. The number of nitrogens with zero attached hydrogens (tertiary/aromatic N) is 4. The molecule has 2 aliphatic rings. The molecule has 4 aromatic rings. The molecule has 0 saturated carbocycles. The predicted molar refractivity (Wildman–Crippen MR) is 151 cm³/mol. The fourth-order valence-corrected chi connectivity index (χ4v) is 5.88. The molecule has 0 bridgehead atoms. The second-order valence-electron chi connectivity index (χ2n) is 10.3. The number of imidazole rings is 1. The van der Waals surface area contributed by atoms with Gasteiger partial charge >= 0.3 is 5.97 Å². The van der Waals surface area contributed by atoms with E-state index in [4.69, 9.17) is 35.8 Å². The number of pyridine rings is 1. The number of carboxylic acid groups (broad SMARTS) is 1. The van der Waals surface area contributed by atoms with Gasteiger partial charge in [-0.05, 0) is 50.2 Å². The summed E-state index contributed by atoms with van der Waals surface area (Å²) in [6.45, 7) is 3.52. The predicted octanol–water partition coefficient (Wildman–Crippen LogP) is 5.22. The van der Waals surface area contributed by atoms with Crippen LogP contribution in [0.5, 0.6) is 17.4 Å². The van der Waals surface area contributed by atoms with Crippen LogP contribution in [0.3, 0.4) is 0 Å². The monoisotopic (exact) mass is 562 g/mol. The summed E-state index contributed by atoms with van der Waals surface area (Å²) in [4.78, 5) is 23.6. The third-order valence-corrected chi connectivity index (χ3v) is 8.24. The van der Waals surface area contributed by atoms with Gasteiger partial charge in [0.25, 0.3) is 0 Å². The second-order valence-corrected chi connectivity index (χ2v) is 10.7. The van der Waals surface area contributed by atoms with Gasteiger partial charge in [-0.3, -0.25) is 4.90 Å². The van der Waals surface area contributed by atoms with Gasteiger partial charge < -0.3 is 23.9 Å². The molecule has 0 radical (unpaired) electrons. The van der Waals surface area contributed by atoms with Crippen molar-refractivity contribution < 1.29 is 24.1 Å². The van der Waals surface area contributed by atoms with Gasteiger partial charge in [0.15, 0.2) is 0 Å². The summed E-state index contributed by atoms with van der Waals surface area (Å²) in [6, 6.07) is 13.0. The average Bonchev–Trinajstić information content (AvgIpc) is 3.59. The first-order valence-electron chi connectivity index (χ1n) is 13.4. The fraction of sp³-hybridized carbons (Fsp3) is 0.367. The minimum absolute atomic E-state index is 0.184. The van der Waals surface area contributed by atoms with E-state index in [9.17, 15) is 9.90 Å². The van der Waals surface area contributed by atoms with Crippen LogP contribution < -0.4 is 14.2 Å². The number of carboxylic acids is 1. The highest BCUT2D eigenvalue weighted by Gasteiger charge is 2.25. The summed E-state index contributed by atoms with van der Waals surface area (Å²) < 4.78 is 19.3. The maximum absolute atomic E-state index is 11.6. The van der Waals surface area contributed by atoms with Gasteiger partial charge in [0, 0.05) is 47.3 Å². The van der Waals surface area contributed by atoms with E-state index in [0.717, 1.165) is 71.3 Å². The number of carbonyl (C=O) groups is 1. The van der Waals surface area contributed by atoms with E-state index in [1.165, 1.54) is 13.2 Å². The van der Waals surface area contributed by atoms with Crippen LogP contribution in [0.4, 0.5) is 0 Å². The van der Waals surface area contributed by atoms with Crippen molar-refractivity contribution in [2.75, 3.05) is 26.8 Å². The first-order chi connectivity index (χ1) is 19.4. The first kappa shape index (κ1) is 26.4. The van der Waals surface area contributed by atoms with Gasteiger partial charge in [-0.15, -0.1) is 0 Å². The van der Waals surface area contributed by atoms with Crippen molar-refractivity contribution in [1.29, 1.82) is 0 Å². The Morgan fingerprint density at radius 2 is 2.00 bits per heavy atom. The Balaban J connectivity index is 1.09. The largest absolute Gasteiger partial charge is 0.494 e. The molecule has 0 unspecified atom stereocenters. The van der Waals surface area contributed by atoms with Crippen molar-refractivity contribution in [2.24, 2.45) is 7.05 Å². The van der Waals surface area contributed by atoms with Crippen LogP contribution in [0.25, 0.3) is 11.0 Å². The molecule has 2 aromatic heterocycles. The Hall–Kier alpha value is -3.82. The molecule has 0 spiro atoms. The number of hydrogen-bond donors (Lipinski definition) is 1. The average molecular weight is 563 g/mol. The lowest BCUT2D eigenvalue weighted by atomic mass is 9.93. The van der Waals surface area contributed by atoms with Gasteiger partial charge in [0.05, 0.1) is 31.3 Å². The van der Waals surface area contributed by atoms with Crippen molar-refractivity contribution in [3.8, 4) is 17.4 Å². The van der Waals surface area contributed by atoms with Crippen LogP contribution in [0.2, 0.25) is 5.02 Å². The topological polar surface area (TPSA) is 98.9 Å². The van der Waals surface area contributed by atoms with E-state index in [0.29, 0.717) is 42.8 Å². The maximum Gasteiger partial charge on any atom is 0.335 e. The Kier molecular flexibility index (Phi) is 7.25. The fourth-order valence-electron chi connectivity index (χ4n) is 5.64. The molecule has 2 aliphatic heterocycles. The van der Waals surface area contributed by atoms with Crippen LogP contribution in [0.15, 0.2) is 42.5 Å². The number of likely N-dealkylation sites (tertiary alicyclic amines) is 1. The quantitative estimate of drug-likeness (QED) is 0.312. The molecular formula is C30H31ClN4O5. The van der Waals surface area contributed by atoms with E-state index in [2.05, 4.69) is 11.0 Å². The molecule has 10 heteroatoms. The van der Waals surface area contributed by atoms with Crippen molar-refractivity contribution in [3.63, 3.8) is 0 Å². The van der Waals surface area contributed by atoms with Crippen LogP contribution in [-0.4, -0.2) is 57.3 Å². The van der Waals surface area contributed by atoms with Crippen LogP contribution in [0.1, 0.15) is 51.8 Å². The minimum atomic E-state index is -0.990. The number of piperidine rings is 1. The number of methoxy groups -OCH3 is 1. The Labute approximate surface area is 237 Å². The lowest BCUT2D eigenvalue weighted by Gasteiger charge is -2.31. The summed E-state index contributed by atoms with van der Waals surface area (Å²) in [5.74, 6) is 2.16. The number of benzene rings is 2. The lowest BCUT2D eigenvalue weighted by molar-refractivity contribution is 0.0696. The van der Waals surface area contributed by atoms with Crippen molar-refractivity contribution >= 4 is 28.6 Å². The molecule has 2 aromatic carbocycles. The number of aromatic nitrogens is 3. The number of halogens is 1. The number of ether oxygens (including phenoxy) is 3. The van der Waals surface area contributed by atoms with Crippen molar-refractivity contribution in [1.82, 2.24) is 19.4 Å². The van der Waals surface area contributed by atoms with Gasteiger partial charge in [0.2, 0.25) is 5.88 Å². The molecule has 208 valence electrons. The van der Waals surface area contributed by atoms with Gasteiger partial charge in [-0.2, -0.15) is 0 Å². The first-order valence-corrected chi connectivity index (χ1v) is 13.8. The minimum Gasteiger partial charge on any atom is -0.494 e. The smallest absolute Gasteiger partial charge is 0.335 e. The lowest BCUT2D eigenvalue weighted by Crippen LogP contribution is -2.33. The van der Waals surface area contributed by atoms with Crippen molar-refractivity contribution in [3.05, 3.63) is 75.7 Å². The number of fused-ring (bicyclic) bond motifs is 2. The Morgan fingerprint density at radius 3 is 2.77 bits per heavy atom. The zero-order valence-corrected chi connectivity index (χ0v) is 23.3. The van der Waals surface area contributed by atoms with E-state index < -0.39 is 5.97 Å². The summed E-state index contributed by atoms with van der Waals surface area (Å²) in [5.41, 5.74) is 4.69. The molecule has 9 nitrogen and oxygen atoms in total. The van der Waals surface area contributed by atoms with Gasteiger partial charge in [-0.25, -0.2) is 14.8 Å². The molecule has 40 heavy (non-hydrogen) atoms. The SMILES string of the molecule is COc1cc(C(=O)O)cc2c1nc(CN1CCC(c3cccc(OCc4ccc(Cl)c5c4OCC5)n3)CC1)n2C. The highest BCUT2D eigenvalue weighted by atomic mass is 35.5. The molecule has 6 rings (SSSR count). The third kappa shape index (κ3) is 5.07. The van der Waals surface area contributed by atoms with Crippen LogP contribution in [-0.2, 0) is 26.6 Å². The van der Waals surface area contributed by atoms with E-state index in [1.807, 2.05) is 35.9 Å². The standard InChI is InChI=1S/C30H31ClN4O5/c1-34-24-14-20(30(36)37)15-25(38-2)28(24)33-26(34)16-35-11-8-18(9-12-35)23-4-3-5-27(32-23)40-17-19-6-7-22(31)21-10-13-39-29(19)21/h3-7,14-15,18H,8-13,16-17H2,1-2H3,(H,36,37). The van der Waals surface area contributed by atoms with Crippen LogP contribution >= 0.6 is 11.6 Å². The van der Waals surface area contributed by atoms with Crippen LogP contribution in [0, 0.1) is 0 Å². The summed E-state index contributed by atoms with van der Waals surface area (Å²) in [6.07, 6.45) is 2.78. The molecule has 1 N–H and O–H groups in total. The molecule has 0 atom stereocenters. The Morgan fingerprint density at radius 1 is 1.18 bits per heavy atom. The van der Waals surface area contributed by atoms with E-state index >= 15 is 0 Å². The molecule has 1 fully saturated rings. The zero-order valence-electron chi connectivity index (χ0n) is 22.5. The third-order valence-electron chi connectivity index (χ3n) is 7.89. The van der Waals surface area contributed by atoms with Crippen molar-refractivity contribution in [2.45, 2.75) is 38.3 Å². The molecule has 1 saturated heterocycles. The van der Waals surface area contributed by atoms with E-state index in [1.54, 1.807) is 6.07 Å². The highest BCUT2D eigenvalue weighted by molar-refractivity contribution is 6.31. The van der Waals surface area contributed by atoms with Gasteiger partial charge in [-0.1, -0.05) is 23.7 Å². The maximum atomic E-state index is 11.6.